The summed E-state index contributed by atoms with van der Waals surface area (Å²) in [4.78, 5) is 10.8. The maximum absolute atomic E-state index is 10.8. The van der Waals surface area contributed by atoms with Crippen LogP contribution in [0, 0.1) is 23.7 Å². The standard InChI is InChI=1S/C8H8N2O2/c1-2-7(11)10-8(5-9)3-4-12-6-8/h1H,3-4,6H2,(H,10,11). The maximum Gasteiger partial charge on any atom is 0.296 e. The highest BCUT2D eigenvalue weighted by Gasteiger charge is 2.36. The second-order valence-electron chi connectivity index (χ2n) is 2.59. The van der Waals surface area contributed by atoms with E-state index in [1.165, 1.54) is 0 Å². The van der Waals surface area contributed by atoms with Crippen LogP contribution < -0.4 is 5.32 Å². The number of hydrogen-bond acceptors (Lipinski definition) is 3. The monoisotopic (exact) mass is 164 g/mol. The number of nitriles is 1. The average molecular weight is 164 g/mol. The van der Waals surface area contributed by atoms with E-state index >= 15 is 0 Å². The van der Waals surface area contributed by atoms with Crippen LogP contribution in [0.5, 0.6) is 0 Å². The van der Waals surface area contributed by atoms with Crippen LogP contribution in [0.25, 0.3) is 0 Å². The molecule has 1 aliphatic rings. The molecule has 1 aliphatic heterocycles. The Labute approximate surface area is 70.5 Å². The fraction of sp³-hybridized carbons (Fsp3) is 0.500. The predicted octanol–water partition coefficient (Wildman–Crippen LogP) is -0.582. The van der Waals surface area contributed by atoms with E-state index in [2.05, 4.69) is 5.32 Å². The summed E-state index contributed by atoms with van der Waals surface area (Å²) in [5.74, 6) is 1.33. The van der Waals surface area contributed by atoms with E-state index in [-0.39, 0.29) is 6.61 Å². The van der Waals surface area contributed by atoms with Gasteiger partial charge < -0.3 is 10.1 Å². The number of amides is 1. The van der Waals surface area contributed by atoms with Gasteiger partial charge in [-0.1, -0.05) is 0 Å². The number of hydrogen-bond donors (Lipinski definition) is 1. The van der Waals surface area contributed by atoms with E-state index in [1.807, 2.05) is 12.0 Å². The first kappa shape index (κ1) is 8.58. The van der Waals surface area contributed by atoms with Gasteiger partial charge in [0.05, 0.1) is 19.3 Å². The Hall–Kier alpha value is -1.52. The van der Waals surface area contributed by atoms with E-state index in [0.717, 1.165) is 0 Å². The van der Waals surface area contributed by atoms with Crippen LogP contribution in [0.1, 0.15) is 6.42 Å². The molecule has 1 heterocycles. The third kappa shape index (κ3) is 1.55. The molecule has 0 aromatic heterocycles. The van der Waals surface area contributed by atoms with Gasteiger partial charge in [0.25, 0.3) is 5.91 Å². The molecule has 1 N–H and O–H groups in total. The number of ether oxygens (including phenoxy) is 1. The second kappa shape index (κ2) is 3.25. The highest BCUT2D eigenvalue weighted by molar-refractivity contribution is 5.93. The first-order valence-corrected chi connectivity index (χ1v) is 3.50. The number of carbonyl (C=O) groups is 1. The van der Waals surface area contributed by atoms with Crippen LogP contribution in [0.15, 0.2) is 0 Å². The molecule has 1 atom stereocenters. The quantitative estimate of drug-likeness (QED) is 0.527. The highest BCUT2D eigenvalue weighted by Crippen LogP contribution is 2.16. The Kier molecular flexibility index (Phi) is 2.32. The van der Waals surface area contributed by atoms with Crippen LogP contribution in [0.4, 0.5) is 0 Å². The molecule has 1 amide bonds. The average Bonchev–Trinajstić information content (AvgIpc) is 2.54. The van der Waals surface area contributed by atoms with Crippen molar-refractivity contribution in [1.82, 2.24) is 5.32 Å². The van der Waals surface area contributed by atoms with Gasteiger partial charge in [-0.15, -0.1) is 6.42 Å². The largest absolute Gasteiger partial charge is 0.378 e. The zero-order valence-electron chi connectivity index (χ0n) is 6.46. The summed E-state index contributed by atoms with van der Waals surface area (Å²) in [5, 5.41) is 11.2. The Bertz CT molecular complexity index is 266. The number of rotatable bonds is 1. The van der Waals surface area contributed by atoms with E-state index < -0.39 is 11.4 Å². The van der Waals surface area contributed by atoms with E-state index in [4.69, 9.17) is 16.4 Å². The third-order valence-electron chi connectivity index (χ3n) is 1.72. The smallest absolute Gasteiger partial charge is 0.296 e. The second-order valence-corrected chi connectivity index (χ2v) is 2.59. The lowest BCUT2D eigenvalue weighted by Crippen LogP contribution is -2.47. The first-order chi connectivity index (χ1) is 5.72. The van der Waals surface area contributed by atoms with Crippen LogP contribution in [-0.4, -0.2) is 24.7 Å². The minimum atomic E-state index is -0.899. The minimum Gasteiger partial charge on any atom is -0.378 e. The predicted molar refractivity (Wildman–Crippen MR) is 40.8 cm³/mol. The molecule has 0 aromatic rings. The molecule has 0 spiro atoms. The van der Waals surface area contributed by atoms with Crippen molar-refractivity contribution >= 4 is 5.91 Å². The van der Waals surface area contributed by atoms with E-state index in [1.54, 1.807) is 0 Å². The molecule has 1 fully saturated rings. The molecule has 4 heteroatoms. The Morgan fingerprint density at radius 1 is 1.75 bits per heavy atom. The van der Waals surface area contributed by atoms with Crippen molar-refractivity contribution in [2.45, 2.75) is 12.0 Å². The summed E-state index contributed by atoms with van der Waals surface area (Å²) in [5.41, 5.74) is -0.899. The van der Waals surface area contributed by atoms with Crippen LogP contribution in [0.2, 0.25) is 0 Å². The SMILES string of the molecule is C#CC(=O)NC1(C#N)CCOC1. The topological polar surface area (TPSA) is 62.1 Å². The van der Waals surface area contributed by atoms with E-state index in [0.29, 0.717) is 13.0 Å². The molecule has 0 aliphatic carbocycles. The van der Waals surface area contributed by atoms with Gasteiger partial charge in [0.1, 0.15) is 0 Å². The van der Waals surface area contributed by atoms with E-state index in [9.17, 15) is 4.79 Å². The summed E-state index contributed by atoms with van der Waals surface area (Å²) in [6.07, 6.45) is 5.35. The molecule has 4 nitrogen and oxygen atoms in total. The van der Waals surface area contributed by atoms with Gasteiger partial charge >= 0.3 is 0 Å². The number of nitrogens with one attached hydrogen (secondary N) is 1. The van der Waals surface area contributed by atoms with Crippen molar-refractivity contribution in [2.75, 3.05) is 13.2 Å². The van der Waals surface area contributed by atoms with Crippen molar-refractivity contribution < 1.29 is 9.53 Å². The van der Waals surface area contributed by atoms with Gasteiger partial charge in [-0.3, -0.25) is 4.79 Å². The van der Waals surface area contributed by atoms with Crippen LogP contribution >= 0.6 is 0 Å². The third-order valence-corrected chi connectivity index (χ3v) is 1.72. The molecule has 1 rings (SSSR count). The Morgan fingerprint density at radius 2 is 2.50 bits per heavy atom. The molecular formula is C8H8N2O2. The maximum atomic E-state index is 10.8. The van der Waals surface area contributed by atoms with Crippen LogP contribution in [0.3, 0.4) is 0 Å². The number of terminal acetylenes is 1. The Morgan fingerprint density at radius 3 is 2.92 bits per heavy atom. The molecule has 62 valence electrons. The summed E-state index contributed by atoms with van der Waals surface area (Å²) in [6, 6.07) is 1.99. The number of nitrogens with zero attached hydrogens (tertiary/aromatic N) is 1. The van der Waals surface area contributed by atoms with Crippen molar-refractivity contribution in [3.05, 3.63) is 0 Å². The summed E-state index contributed by atoms with van der Waals surface area (Å²) < 4.78 is 4.99. The molecule has 0 aromatic carbocycles. The molecule has 0 bridgehead atoms. The van der Waals surface area contributed by atoms with Gasteiger partial charge in [0.15, 0.2) is 5.54 Å². The minimum absolute atomic E-state index is 0.219. The van der Waals surface area contributed by atoms with Gasteiger partial charge in [0.2, 0.25) is 0 Å². The summed E-state index contributed by atoms with van der Waals surface area (Å²) in [6.45, 7) is 0.704. The Balaban J connectivity index is 2.65. The van der Waals surface area contributed by atoms with Crippen molar-refractivity contribution in [1.29, 1.82) is 5.26 Å². The lowest BCUT2D eigenvalue weighted by atomic mass is 10.0. The summed E-state index contributed by atoms with van der Waals surface area (Å²) in [7, 11) is 0. The molecule has 0 radical (unpaired) electrons. The fourth-order valence-corrected chi connectivity index (χ4v) is 1.03. The van der Waals surface area contributed by atoms with Crippen LogP contribution in [-0.2, 0) is 9.53 Å². The van der Waals surface area contributed by atoms with Gasteiger partial charge in [-0.05, 0) is 5.92 Å². The summed E-state index contributed by atoms with van der Waals surface area (Å²) >= 11 is 0. The van der Waals surface area contributed by atoms with Gasteiger partial charge in [0, 0.05) is 6.42 Å². The lowest BCUT2D eigenvalue weighted by molar-refractivity contribution is -0.117. The zero-order chi connectivity index (χ0) is 9.03. The van der Waals surface area contributed by atoms with Gasteiger partial charge in [-0.25, -0.2) is 0 Å². The zero-order valence-corrected chi connectivity index (χ0v) is 6.46. The first-order valence-electron chi connectivity index (χ1n) is 3.50. The molecule has 0 saturated carbocycles. The molecule has 1 saturated heterocycles. The van der Waals surface area contributed by atoms with Crippen molar-refractivity contribution in [3.63, 3.8) is 0 Å². The fourth-order valence-electron chi connectivity index (χ4n) is 1.03. The highest BCUT2D eigenvalue weighted by atomic mass is 16.5. The van der Waals surface area contributed by atoms with Crippen molar-refractivity contribution in [3.8, 4) is 18.4 Å². The molecule has 12 heavy (non-hydrogen) atoms. The molecule has 1 unspecified atom stereocenters. The normalized spacial score (nSPS) is 27.2. The number of carbonyl (C=O) groups excluding carboxylic acids is 1. The molecular weight excluding hydrogens is 156 g/mol. The van der Waals surface area contributed by atoms with Gasteiger partial charge in [-0.2, -0.15) is 5.26 Å². The van der Waals surface area contributed by atoms with Crippen molar-refractivity contribution in [2.24, 2.45) is 0 Å². The lowest BCUT2D eigenvalue weighted by Gasteiger charge is -2.17.